The van der Waals surface area contributed by atoms with Gasteiger partial charge < -0.3 is 10.2 Å². The van der Waals surface area contributed by atoms with Gasteiger partial charge in [-0.1, -0.05) is 64.6 Å². The number of rotatable bonds is 4. The third-order valence-corrected chi connectivity index (χ3v) is 7.20. The summed E-state index contributed by atoms with van der Waals surface area (Å²) >= 11 is 24.3. The van der Waals surface area contributed by atoms with Gasteiger partial charge in [0.15, 0.2) is 4.75 Å². The maximum absolute atomic E-state index is 13.0. The Labute approximate surface area is 186 Å². The molecule has 0 bridgehead atoms. The van der Waals surface area contributed by atoms with Gasteiger partial charge in [-0.15, -0.1) is 0 Å². The summed E-state index contributed by atoms with van der Waals surface area (Å²) in [6.45, 7) is 0. The highest BCUT2D eigenvalue weighted by Crippen LogP contribution is 2.52. The number of benzene rings is 3. The van der Waals surface area contributed by atoms with Crippen molar-refractivity contribution in [2.45, 2.75) is 4.75 Å². The van der Waals surface area contributed by atoms with Crippen LogP contribution in [0, 0.1) is 0 Å². The number of aromatic hydroxyl groups is 2. The number of phenols is 2. The average Bonchev–Trinajstić information content (AvgIpc) is 2.64. The van der Waals surface area contributed by atoms with Crippen LogP contribution in [0.2, 0.25) is 20.1 Å². The molecular weight excluding hydrogens is 482 g/mol. The van der Waals surface area contributed by atoms with Crippen molar-refractivity contribution in [1.82, 2.24) is 0 Å². The SMILES string of the molecule is O=S(=O)(O)C(c1cccc(Cl)c1)(c1cc(O)ccc1Cl)c1ccc(Cl)c(Cl)c1O. The molecule has 1 unspecified atom stereocenters. The predicted molar refractivity (Wildman–Crippen MR) is 114 cm³/mol. The van der Waals surface area contributed by atoms with Crippen molar-refractivity contribution in [3.05, 3.63) is 91.4 Å². The minimum atomic E-state index is -5.11. The molecule has 3 rings (SSSR count). The van der Waals surface area contributed by atoms with E-state index in [-0.39, 0.29) is 42.5 Å². The molecule has 1 atom stereocenters. The number of phenolic OH excluding ortho intramolecular Hbond substituents is 2. The molecule has 5 nitrogen and oxygen atoms in total. The maximum atomic E-state index is 13.0. The van der Waals surface area contributed by atoms with Crippen molar-refractivity contribution in [1.29, 1.82) is 0 Å². The molecule has 0 aliphatic carbocycles. The van der Waals surface area contributed by atoms with E-state index >= 15 is 0 Å². The monoisotopic (exact) mass is 492 g/mol. The zero-order valence-electron chi connectivity index (χ0n) is 14.3. The van der Waals surface area contributed by atoms with E-state index in [1.165, 1.54) is 48.5 Å². The molecule has 10 heteroatoms. The Morgan fingerprint density at radius 3 is 2.07 bits per heavy atom. The normalized spacial score (nSPS) is 13.8. The molecule has 0 aliphatic rings. The summed E-state index contributed by atoms with van der Waals surface area (Å²) in [7, 11) is -5.11. The fourth-order valence-corrected chi connectivity index (χ4v) is 5.33. The summed E-state index contributed by atoms with van der Waals surface area (Å²) in [5.41, 5.74) is -0.601. The highest BCUT2D eigenvalue weighted by molar-refractivity contribution is 7.87. The number of halogens is 4. The Morgan fingerprint density at radius 1 is 0.793 bits per heavy atom. The molecule has 0 amide bonds. The summed E-state index contributed by atoms with van der Waals surface area (Å²) in [6, 6.07) is 11.7. The van der Waals surface area contributed by atoms with E-state index in [1.54, 1.807) is 0 Å². The van der Waals surface area contributed by atoms with Crippen molar-refractivity contribution < 1.29 is 23.2 Å². The van der Waals surface area contributed by atoms with Gasteiger partial charge in [0.25, 0.3) is 10.1 Å². The van der Waals surface area contributed by atoms with Crippen molar-refractivity contribution in [3.8, 4) is 11.5 Å². The molecule has 0 aromatic heterocycles. The first kappa shape index (κ1) is 22.0. The topological polar surface area (TPSA) is 94.8 Å². The van der Waals surface area contributed by atoms with Crippen molar-refractivity contribution in [2.75, 3.05) is 0 Å². The van der Waals surface area contributed by atoms with Gasteiger partial charge in [-0.2, -0.15) is 8.42 Å². The van der Waals surface area contributed by atoms with Crippen LogP contribution < -0.4 is 0 Å². The summed E-state index contributed by atoms with van der Waals surface area (Å²) in [4.78, 5) is 0. The van der Waals surface area contributed by atoms with Gasteiger partial charge in [-0.25, -0.2) is 0 Å². The Kier molecular flexibility index (Phi) is 5.98. The van der Waals surface area contributed by atoms with E-state index in [0.29, 0.717) is 0 Å². The lowest BCUT2D eigenvalue weighted by atomic mass is 9.83. The fourth-order valence-electron chi connectivity index (χ4n) is 3.20. The fraction of sp³-hybridized carbons (Fsp3) is 0.0526. The van der Waals surface area contributed by atoms with E-state index in [2.05, 4.69) is 0 Å². The number of hydrogen-bond donors (Lipinski definition) is 3. The number of hydrogen-bond acceptors (Lipinski definition) is 4. The maximum Gasteiger partial charge on any atom is 0.283 e. The molecule has 0 radical (unpaired) electrons. The van der Waals surface area contributed by atoms with Crippen LogP contribution in [0.1, 0.15) is 16.7 Å². The van der Waals surface area contributed by atoms with Crippen LogP contribution in [0.25, 0.3) is 0 Å². The van der Waals surface area contributed by atoms with Gasteiger partial charge in [-0.05, 0) is 42.0 Å². The Balaban J connectivity index is 2.63. The third kappa shape index (κ3) is 3.65. The molecule has 3 aromatic carbocycles. The van der Waals surface area contributed by atoms with E-state index in [9.17, 15) is 23.2 Å². The third-order valence-electron chi connectivity index (χ3n) is 4.40. The Bertz CT molecular complexity index is 1210. The predicted octanol–water partition coefficient (Wildman–Crippen LogP) is 5.89. The summed E-state index contributed by atoms with van der Waals surface area (Å²) < 4.78 is 33.9. The molecule has 29 heavy (non-hydrogen) atoms. The molecule has 0 heterocycles. The second kappa shape index (κ2) is 7.87. The van der Waals surface area contributed by atoms with Gasteiger partial charge in [0.2, 0.25) is 0 Å². The first-order valence-corrected chi connectivity index (χ1v) is 10.8. The van der Waals surface area contributed by atoms with Gasteiger partial charge in [0.05, 0.1) is 5.02 Å². The van der Waals surface area contributed by atoms with E-state index in [0.717, 1.165) is 6.07 Å². The highest BCUT2D eigenvalue weighted by Gasteiger charge is 2.51. The van der Waals surface area contributed by atoms with Crippen LogP contribution in [0.5, 0.6) is 11.5 Å². The zero-order chi connectivity index (χ0) is 21.6. The first-order valence-electron chi connectivity index (χ1n) is 7.89. The van der Waals surface area contributed by atoms with Crippen molar-refractivity contribution in [3.63, 3.8) is 0 Å². The van der Waals surface area contributed by atoms with Gasteiger partial charge in [-0.3, -0.25) is 4.55 Å². The molecular formula is C19H12Cl4O5S. The van der Waals surface area contributed by atoms with Crippen LogP contribution in [-0.2, 0) is 14.9 Å². The zero-order valence-corrected chi connectivity index (χ0v) is 18.1. The van der Waals surface area contributed by atoms with Crippen molar-refractivity contribution in [2.24, 2.45) is 0 Å². The van der Waals surface area contributed by atoms with E-state index in [1.807, 2.05) is 0 Å². The van der Waals surface area contributed by atoms with E-state index < -0.39 is 20.6 Å². The summed E-state index contributed by atoms with van der Waals surface area (Å²) in [5, 5.41) is 20.4. The molecule has 3 N–H and O–H groups in total. The Hall–Kier alpha value is -1.67. The largest absolute Gasteiger partial charge is 0.508 e. The molecule has 3 aromatic rings. The lowest BCUT2D eigenvalue weighted by Gasteiger charge is -2.34. The minimum absolute atomic E-state index is 0.0368. The summed E-state index contributed by atoms with van der Waals surface area (Å²) in [5.74, 6) is -1.00. The van der Waals surface area contributed by atoms with Crippen LogP contribution >= 0.6 is 46.4 Å². The smallest absolute Gasteiger partial charge is 0.283 e. The lowest BCUT2D eigenvalue weighted by Crippen LogP contribution is -2.38. The molecule has 152 valence electrons. The van der Waals surface area contributed by atoms with E-state index in [4.69, 9.17) is 46.4 Å². The van der Waals surface area contributed by atoms with Crippen molar-refractivity contribution >= 4 is 56.5 Å². The minimum Gasteiger partial charge on any atom is -0.508 e. The molecule has 0 saturated carbocycles. The van der Waals surface area contributed by atoms with Gasteiger partial charge >= 0.3 is 0 Å². The molecule has 0 spiro atoms. The second-order valence-corrected chi connectivity index (χ2v) is 9.28. The molecule has 0 aliphatic heterocycles. The second-order valence-electron chi connectivity index (χ2n) is 6.09. The van der Waals surface area contributed by atoms with Crippen LogP contribution in [0.15, 0.2) is 54.6 Å². The van der Waals surface area contributed by atoms with Crippen LogP contribution in [0.3, 0.4) is 0 Å². The van der Waals surface area contributed by atoms with Gasteiger partial charge in [0.1, 0.15) is 16.5 Å². The molecule has 0 fully saturated rings. The van der Waals surface area contributed by atoms with Gasteiger partial charge in [0, 0.05) is 21.2 Å². The quantitative estimate of drug-likeness (QED) is 0.311. The highest BCUT2D eigenvalue weighted by atomic mass is 35.5. The summed E-state index contributed by atoms with van der Waals surface area (Å²) in [6.07, 6.45) is 0. The molecule has 0 saturated heterocycles. The van der Waals surface area contributed by atoms with Crippen LogP contribution in [0.4, 0.5) is 0 Å². The Morgan fingerprint density at radius 2 is 1.45 bits per heavy atom. The first-order chi connectivity index (χ1) is 13.5. The van der Waals surface area contributed by atoms with Crippen LogP contribution in [-0.4, -0.2) is 23.2 Å². The lowest BCUT2D eigenvalue weighted by molar-refractivity contribution is 0.439. The average molecular weight is 494 g/mol. The standard InChI is InChI=1S/C19H12Cl4O5S/c20-11-3-1-2-10(8-11)19(29(26,27)28,14-9-12(24)4-6-15(14)21)13-5-7-16(22)17(23)18(13)25/h1-9,24-25H,(H,26,27,28).